The van der Waals surface area contributed by atoms with Crippen LogP contribution < -0.4 is 5.73 Å². The molecule has 0 unspecified atom stereocenters. The fraction of sp³-hybridized carbons (Fsp3) is 0.818. The van der Waals surface area contributed by atoms with Crippen molar-refractivity contribution in [2.24, 2.45) is 17.6 Å². The van der Waals surface area contributed by atoms with Crippen LogP contribution in [-0.4, -0.2) is 6.04 Å². The molecule has 0 spiro atoms. The van der Waals surface area contributed by atoms with Crippen LogP contribution in [0.15, 0.2) is 12.2 Å². The molecule has 1 heteroatoms. The summed E-state index contributed by atoms with van der Waals surface area (Å²) < 4.78 is 0. The molecule has 0 atom stereocenters. The molecule has 1 saturated carbocycles. The van der Waals surface area contributed by atoms with Crippen molar-refractivity contribution in [3.8, 4) is 0 Å². The van der Waals surface area contributed by atoms with Gasteiger partial charge in [0.15, 0.2) is 0 Å². The standard InChI is InChI=1S/C11H21N/c1-9(2)3-4-10-5-7-11(12)8-6-10/h3-4,9-11H,5-8,12H2,1-2H3. The largest absolute Gasteiger partial charge is 0.328 e. The van der Waals surface area contributed by atoms with Crippen LogP contribution >= 0.6 is 0 Å². The highest BCUT2D eigenvalue weighted by Gasteiger charge is 2.15. The molecule has 1 aliphatic rings. The lowest BCUT2D eigenvalue weighted by atomic mass is 9.86. The molecule has 1 nitrogen and oxygen atoms in total. The Morgan fingerprint density at radius 2 is 1.75 bits per heavy atom. The van der Waals surface area contributed by atoms with Crippen molar-refractivity contribution in [2.45, 2.75) is 45.6 Å². The van der Waals surface area contributed by atoms with E-state index in [1.165, 1.54) is 25.7 Å². The number of hydrogen-bond donors (Lipinski definition) is 1. The van der Waals surface area contributed by atoms with E-state index >= 15 is 0 Å². The minimum atomic E-state index is 0.480. The summed E-state index contributed by atoms with van der Waals surface area (Å²) in [7, 11) is 0. The lowest BCUT2D eigenvalue weighted by Gasteiger charge is -2.23. The zero-order valence-corrected chi connectivity index (χ0v) is 8.29. The van der Waals surface area contributed by atoms with Crippen LogP contribution in [0.2, 0.25) is 0 Å². The molecule has 0 aromatic heterocycles. The first-order chi connectivity index (χ1) is 5.68. The third kappa shape index (κ3) is 3.40. The average molecular weight is 167 g/mol. The topological polar surface area (TPSA) is 26.0 Å². The van der Waals surface area contributed by atoms with Crippen molar-refractivity contribution in [1.82, 2.24) is 0 Å². The van der Waals surface area contributed by atoms with E-state index in [1.54, 1.807) is 0 Å². The van der Waals surface area contributed by atoms with Gasteiger partial charge in [0.05, 0.1) is 0 Å². The van der Waals surface area contributed by atoms with Crippen molar-refractivity contribution in [1.29, 1.82) is 0 Å². The van der Waals surface area contributed by atoms with Crippen molar-refractivity contribution >= 4 is 0 Å². The van der Waals surface area contributed by atoms with Gasteiger partial charge in [-0.3, -0.25) is 0 Å². The van der Waals surface area contributed by atoms with Gasteiger partial charge in [-0.25, -0.2) is 0 Å². The predicted octanol–water partition coefficient (Wildman–Crippen LogP) is 2.72. The Labute approximate surface area is 76.0 Å². The van der Waals surface area contributed by atoms with Crippen LogP contribution in [-0.2, 0) is 0 Å². The van der Waals surface area contributed by atoms with Crippen LogP contribution in [0, 0.1) is 11.8 Å². The molecule has 0 aromatic rings. The van der Waals surface area contributed by atoms with Crippen LogP contribution in [0.25, 0.3) is 0 Å². The van der Waals surface area contributed by atoms with Gasteiger partial charge in [0.1, 0.15) is 0 Å². The zero-order valence-electron chi connectivity index (χ0n) is 8.29. The van der Waals surface area contributed by atoms with Crippen molar-refractivity contribution in [3.63, 3.8) is 0 Å². The van der Waals surface area contributed by atoms with E-state index in [4.69, 9.17) is 5.73 Å². The molecule has 1 rings (SSSR count). The maximum Gasteiger partial charge on any atom is 0.00392 e. The number of hydrogen-bond acceptors (Lipinski definition) is 1. The molecule has 0 amide bonds. The predicted molar refractivity (Wildman–Crippen MR) is 53.9 cm³/mol. The normalized spacial score (nSPS) is 31.7. The van der Waals surface area contributed by atoms with Gasteiger partial charge in [0.2, 0.25) is 0 Å². The number of nitrogens with two attached hydrogens (primary N) is 1. The van der Waals surface area contributed by atoms with E-state index in [2.05, 4.69) is 26.0 Å². The lowest BCUT2D eigenvalue weighted by Crippen LogP contribution is -2.25. The second-order valence-electron chi connectivity index (χ2n) is 4.30. The first-order valence-corrected chi connectivity index (χ1v) is 5.12. The Balaban J connectivity index is 2.26. The van der Waals surface area contributed by atoms with Crippen LogP contribution in [0.1, 0.15) is 39.5 Å². The molecule has 0 aromatic carbocycles. The molecule has 70 valence electrons. The lowest BCUT2D eigenvalue weighted by molar-refractivity contribution is 0.374. The molecule has 1 fully saturated rings. The minimum absolute atomic E-state index is 0.480. The van der Waals surface area contributed by atoms with E-state index in [9.17, 15) is 0 Å². The average Bonchev–Trinajstić information content (AvgIpc) is 2.03. The highest BCUT2D eigenvalue weighted by molar-refractivity contribution is 4.93. The number of rotatable bonds is 2. The Morgan fingerprint density at radius 3 is 2.25 bits per heavy atom. The van der Waals surface area contributed by atoms with Crippen molar-refractivity contribution < 1.29 is 0 Å². The molecule has 0 aliphatic heterocycles. The zero-order chi connectivity index (χ0) is 8.97. The molecular formula is C11H21N. The minimum Gasteiger partial charge on any atom is -0.328 e. The number of allylic oxidation sites excluding steroid dienone is 2. The molecule has 1 aliphatic carbocycles. The first-order valence-electron chi connectivity index (χ1n) is 5.12. The maximum atomic E-state index is 5.83. The highest BCUT2D eigenvalue weighted by atomic mass is 14.6. The van der Waals surface area contributed by atoms with Crippen LogP contribution in [0.3, 0.4) is 0 Å². The summed E-state index contributed by atoms with van der Waals surface area (Å²) in [5, 5.41) is 0. The Kier molecular flexibility index (Phi) is 3.80. The van der Waals surface area contributed by atoms with E-state index < -0.39 is 0 Å². The van der Waals surface area contributed by atoms with Crippen molar-refractivity contribution in [3.05, 3.63) is 12.2 Å². The highest BCUT2D eigenvalue weighted by Crippen LogP contribution is 2.24. The van der Waals surface area contributed by atoms with E-state index in [1.807, 2.05) is 0 Å². The van der Waals surface area contributed by atoms with Gasteiger partial charge in [-0.1, -0.05) is 26.0 Å². The molecular weight excluding hydrogens is 146 g/mol. The Morgan fingerprint density at radius 1 is 1.17 bits per heavy atom. The monoisotopic (exact) mass is 167 g/mol. The fourth-order valence-electron chi connectivity index (χ4n) is 1.72. The second-order valence-corrected chi connectivity index (χ2v) is 4.30. The third-order valence-corrected chi connectivity index (χ3v) is 2.58. The molecule has 2 N–H and O–H groups in total. The molecule has 0 heterocycles. The Bertz CT molecular complexity index is 141. The Hall–Kier alpha value is -0.300. The molecule has 0 saturated heterocycles. The smallest absolute Gasteiger partial charge is 0.00392 e. The maximum absolute atomic E-state index is 5.83. The fourth-order valence-corrected chi connectivity index (χ4v) is 1.72. The quantitative estimate of drug-likeness (QED) is 0.629. The van der Waals surface area contributed by atoms with Crippen molar-refractivity contribution in [2.75, 3.05) is 0 Å². The third-order valence-electron chi connectivity index (χ3n) is 2.58. The van der Waals surface area contributed by atoms with E-state index in [-0.39, 0.29) is 0 Å². The summed E-state index contributed by atoms with van der Waals surface area (Å²) in [5.74, 6) is 1.51. The van der Waals surface area contributed by atoms with Gasteiger partial charge in [-0.2, -0.15) is 0 Å². The summed E-state index contributed by atoms with van der Waals surface area (Å²) in [6.45, 7) is 4.45. The van der Waals surface area contributed by atoms with Crippen LogP contribution in [0.4, 0.5) is 0 Å². The van der Waals surface area contributed by atoms with Gasteiger partial charge < -0.3 is 5.73 Å². The summed E-state index contributed by atoms with van der Waals surface area (Å²) in [6, 6.07) is 0.480. The molecule has 12 heavy (non-hydrogen) atoms. The SMILES string of the molecule is CC(C)C=CC1CCC(N)CC1. The van der Waals surface area contributed by atoms with Gasteiger partial charge in [0, 0.05) is 6.04 Å². The summed E-state index contributed by atoms with van der Waals surface area (Å²) >= 11 is 0. The summed E-state index contributed by atoms with van der Waals surface area (Å²) in [6.07, 6.45) is 9.73. The van der Waals surface area contributed by atoms with Gasteiger partial charge in [-0.05, 0) is 37.5 Å². The van der Waals surface area contributed by atoms with Crippen LogP contribution in [0.5, 0.6) is 0 Å². The molecule has 0 radical (unpaired) electrons. The molecule has 0 bridgehead atoms. The van der Waals surface area contributed by atoms with Gasteiger partial charge in [0.25, 0.3) is 0 Å². The van der Waals surface area contributed by atoms with Gasteiger partial charge in [-0.15, -0.1) is 0 Å². The first kappa shape index (κ1) is 9.79. The second kappa shape index (κ2) is 4.66. The summed E-state index contributed by atoms with van der Waals surface area (Å²) in [5.41, 5.74) is 5.83. The summed E-state index contributed by atoms with van der Waals surface area (Å²) in [4.78, 5) is 0. The van der Waals surface area contributed by atoms with E-state index in [0.29, 0.717) is 12.0 Å². The van der Waals surface area contributed by atoms with E-state index in [0.717, 1.165) is 5.92 Å². The van der Waals surface area contributed by atoms with Gasteiger partial charge >= 0.3 is 0 Å².